The maximum absolute atomic E-state index is 12.4. The predicted molar refractivity (Wildman–Crippen MR) is 133 cm³/mol. The van der Waals surface area contributed by atoms with Gasteiger partial charge >= 0.3 is 0 Å². The number of hydrogen-bond acceptors (Lipinski definition) is 4. The fourth-order valence-corrected chi connectivity index (χ4v) is 4.50. The van der Waals surface area contributed by atoms with Crippen LogP contribution in [0, 0.1) is 0 Å². The Morgan fingerprint density at radius 2 is 1.77 bits per heavy atom. The molecule has 0 aliphatic rings. The summed E-state index contributed by atoms with van der Waals surface area (Å²) in [5.41, 5.74) is 1.91. The Hall–Kier alpha value is -2.47. The molecule has 0 bridgehead atoms. The van der Waals surface area contributed by atoms with Gasteiger partial charge in [-0.1, -0.05) is 59.3 Å². The van der Waals surface area contributed by atoms with Crippen LogP contribution >= 0.6 is 11.3 Å². The lowest BCUT2D eigenvalue weighted by atomic mass is 10.1. The van der Waals surface area contributed by atoms with Gasteiger partial charge in [0, 0.05) is 41.5 Å². The van der Waals surface area contributed by atoms with Crippen molar-refractivity contribution >= 4 is 33.1 Å². The molecule has 3 heterocycles. The number of rotatable bonds is 8. The highest BCUT2D eigenvalue weighted by atomic mass is 32.1. The number of carbonyl (C=O) groups excluding carboxylic acids is 1. The maximum Gasteiger partial charge on any atom is 0.259 e. The van der Waals surface area contributed by atoms with Crippen LogP contribution in [0.25, 0.3) is 21.2 Å². The molecule has 0 spiro atoms. The van der Waals surface area contributed by atoms with E-state index in [1.807, 2.05) is 24.4 Å². The second-order valence-corrected chi connectivity index (χ2v) is 8.93. The van der Waals surface area contributed by atoms with Gasteiger partial charge in [-0.2, -0.15) is 0 Å². The lowest BCUT2D eigenvalue weighted by Crippen LogP contribution is -2.15. The Kier molecular flexibility index (Phi) is 9.92. The number of fused-ring (bicyclic) bond motifs is 1. The van der Waals surface area contributed by atoms with E-state index in [0.717, 1.165) is 27.6 Å². The molecule has 0 atom stereocenters. The summed E-state index contributed by atoms with van der Waals surface area (Å²) in [5.74, 6) is 0.342. The van der Waals surface area contributed by atoms with Gasteiger partial charge in [0.25, 0.3) is 5.56 Å². The molecule has 6 heteroatoms. The highest BCUT2D eigenvalue weighted by Gasteiger charge is 2.13. The Balaban J connectivity index is 0.000000366. The van der Waals surface area contributed by atoms with E-state index >= 15 is 0 Å². The first-order valence-electron chi connectivity index (χ1n) is 11.3. The van der Waals surface area contributed by atoms with Gasteiger partial charge in [-0.15, -0.1) is 11.3 Å². The minimum absolute atomic E-state index is 0.0100. The third-order valence-electron chi connectivity index (χ3n) is 5.08. The molecule has 5 nitrogen and oxygen atoms in total. The van der Waals surface area contributed by atoms with E-state index in [4.69, 9.17) is 0 Å². The van der Waals surface area contributed by atoms with Crippen molar-refractivity contribution in [2.24, 2.45) is 7.05 Å². The van der Waals surface area contributed by atoms with Crippen LogP contribution in [0.2, 0.25) is 0 Å². The zero-order valence-electron chi connectivity index (χ0n) is 19.5. The van der Waals surface area contributed by atoms with Gasteiger partial charge < -0.3 is 9.88 Å². The van der Waals surface area contributed by atoms with Crippen LogP contribution in [0.1, 0.15) is 71.1 Å². The number of nitrogens with zero attached hydrogens (tertiary/aromatic N) is 2. The highest BCUT2D eigenvalue weighted by Crippen LogP contribution is 2.33. The molecule has 3 rings (SSSR count). The van der Waals surface area contributed by atoms with Crippen molar-refractivity contribution in [3.8, 4) is 11.1 Å². The van der Waals surface area contributed by atoms with Gasteiger partial charge in [-0.3, -0.25) is 9.59 Å². The molecule has 0 aliphatic carbocycles. The van der Waals surface area contributed by atoms with Gasteiger partial charge in [0.1, 0.15) is 5.82 Å². The van der Waals surface area contributed by atoms with Gasteiger partial charge in [0.05, 0.1) is 5.39 Å². The molecule has 0 aliphatic heterocycles. The largest absolute Gasteiger partial charge is 0.317 e. The number of amides is 1. The summed E-state index contributed by atoms with van der Waals surface area (Å²) in [6.45, 7) is 8.04. The van der Waals surface area contributed by atoms with Crippen molar-refractivity contribution in [1.29, 1.82) is 0 Å². The number of pyridine rings is 2. The third kappa shape index (κ3) is 7.03. The summed E-state index contributed by atoms with van der Waals surface area (Å²) in [5, 5.41) is 3.43. The monoisotopic (exact) mass is 441 g/mol. The third-order valence-corrected chi connectivity index (χ3v) is 6.39. The van der Waals surface area contributed by atoms with Crippen LogP contribution in [0.5, 0.6) is 0 Å². The molecule has 0 saturated heterocycles. The van der Waals surface area contributed by atoms with E-state index < -0.39 is 0 Å². The summed E-state index contributed by atoms with van der Waals surface area (Å²) in [4.78, 5) is 28.9. The van der Waals surface area contributed by atoms with Gasteiger partial charge in [-0.25, -0.2) is 4.98 Å². The van der Waals surface area contributed by atoms with Crippen LogP contribution in [0.15, 0.2) is 35.4 Å². The molecule has 0 saturated carbocycles. The van der Waals surface area contributed by atoms with Crippen molar-refractivity contribution < 1.29 is 4.79 Å². The second kappa shape index (κ2) is 12.4. The molecule has 0 aromatic carbocycles. The van der Waals surface area contributed by atoms with Crippen LogP contribution in [0.4, 0.5) is 5.82 Å². The molecule has 0 radical (unpaired) electrons. The Bertz CT molecular complexity index is 1050. The minimum Gasteiger partial charge on any atom is -0.317 e. The molecular weight excluding hydrogens is 406 g/mol. The average molecular weight is 442 g/mol. The topological polar surface area (TPSA) is 64.0 Å². The Morgan fingerprint density at radius 3 is 2.35 bits per heavy atom. The van der Waals surface area contributed by atoms with Crippen molar-refractivity contribution in [3.05, 3.63) is 45.8 Å². The fraction of sp³-hybridized carbons (Fsp3) is 0.480. The lowest BCUT2D eigenvalue weighted by molar-refractivity contribution is -0.114. The average Bonchev–Trinajstić information content (AvgIpc) is 3.19. The van der Waals surface area contributed by atoms with Crippen LogP contribution in [0.3, 0.4) is 0 Å². The van der Waals surface area contributed by atoms with Gasteiger partial charge in [0.15, 0.2) is 0 Å². The number of anilines is 1. The predicted octanol–water partition coefficient (Wildman–Crippen LogP) is 6.55. The van der Waals surface area contributed by atoms with E-state index in [9.17, 15) is 9.59 Å². The zero-order valence-corrected chi connectivity index (χ0v) is 20.3. The molecule has 168 valence electrons. The first-order chi connectivity index (χ1) is 14.9. The molecule has 0 unspecified atom stereocenters. The number of hydrogen-bond donors (Lipinski definition) is 1. The molecular formula is C25H35N3O2S. The lowest BCUT2D eigenvalue weighted by Gasteiger charge is -2.08. The summed E-state index contributed by atoms with van der Waals surface area (Å²) in [6, 6.07) is 5.68. The van der Waals surface area contributed by atoms with E-state index in [1.165, 1.54) is 50.3 Å². The van der Waals surface area contributed by atoms with E-state index in [2.05, 4.69) is 31.1 Å². The van der Waals surface area contributed by atoms with Crippen LogP contribution < -0.4 is 10.9 Å². The fourth-order valence-electron chi connectivity index (χ4n) is 3.38. The molecule has 1 amide bonds. The number of thiophene rings is 1. The number of unbranched alkanes of at least 4 members (excludes halogenated alkanes) is 5. The van der Waals surface area contributed by atoms with Crippen LogP contribution in [-0.2, 0) is 18.3 Å². The van der Waals surface area contributed by atoms with E-state index in [1.54, 1.807) is 29.1 Å². The van der Waals surface area contributed by atoms with Crippen LogP contribution in [-0.4, -0.2) is 15.5 Å². The number of aromatic nitrogens is 2. The van der Waals surface area contributed by atoms with Gasteiger partial charge in [-0.05, 0) is 30.2 Å². The second-order valence-electron chi connectivity index (χ2n) is 7.79. The minimum atomic E-state index is -0.162. The van der Waals surface area contributed by atoms with Crippen molar-refractivity contribution in [3.63, 3.8) is 0 Å². The molecule has 3 aromatic heterocycles. The normalized spacial score (nSPS) is 10.6. The van der Waals surface area contributed by atoms with Crippen molar-refractivity contribution in [1.82, 2.24) is 9.55 Å². The maximum atomic E-state index is 12.4. The Labute approximate surface area is 189 Å². The molecule has 1 N–H and O–H groups in total. The summed E-state index contributed by atoms with van der Waals surface area (Å²) >= 11 is 1.64. The highest BCUT2D eigenvalue weighted by molar-refractivity contribution is 7.19. The van der Waals surface area contributed by atoms with Gasteiger partial charge in [0.2, 0.25) is 5.91 Å². The number of nitrogens with one attached hydrogen (secondary N) is 1. The molecule has 3 aromatic rings. The summed E-state index contributed by atoms with van der Waals surface area (Å²) in [6.07, 6.45) is 12.9. The van der Waals surface area contributed by atoms with Crippen molar-refractivity contribution in [2.75, 3.05) is 5.32 Å². The Morgan fingerprint density at radius 1 is 1.10 bits per heavy atom. The first kappa shape index (κ1) is 24.8. The molecule has 31 heavy (non-hydrogen) atoms. The standard InChI is InChI=1S/C17H17N3O2S.C8H18/c1-4-12-8-13-16(23-12)14(9-20(3)17(13)22)11-5-6-18-15(7-11)19-10(2)21;1-3-5-7-8-6-4-2/h5-9H,4H2,1-3H3,(H,18,19,21);3-8H2,1-2H3. The summed E-state index contributed by atoms with van der Waals surface area (Å²) in [7, 11) is 1.75. The van der Waals surface area contributed by atoms with E-state index in [-0.39, 0.29) is 11.5 Å². The summed E-state index contributed by atoms with van der Waals surface area (Å²) < 4.78 is 2.58. The van der Waals surface area contributed by atoms with Crippen molar-refractivity contribution in [2.45, 2.75) is 72.6 Å². The quantitative estimate of drug-likeness (QED) is 0.403. The first-order valence-corrected chi connectivity index (χ1v) is 12.1. The molecule has 0 fully saturated rings. The smallest absolute Gasteiger partial charge is 0.259 e. The number of aryl methyl sites for hydroxylation is 2. The zero-order chi connectivity index (χ0) is 22.8. The SMILES string of the molecule is CCCCCCCC.CCc1cc2c(=O)n(C)cc(-c3ccnc(NC(C)=O)c3)c2s1. The van der Waals surface area contributed by atoms with E-state index in [0.29, 0.717) is 5.82 Å². The number of carbonyl (C=O) groups is 1.